The molecule has 0 saturated heterocycles. The Bertz CT molecular complexity index is 1080. The van der Waals surface area contributed by atoms with Gasteiger partial charge < -0.3 is 9.88 Å². The molecule has 0 unspecified atom stereocenters. The Morgan fingerprint density at radius 3 is 2.76 bits per heavy atom. The summed E-state index contributed by atoms with van der Waals surface area (Å²) in [5, 5.41) is 14.0. The number of anilines is 1. The van der Waals surface area contributed by atoms with Crippen LogP contribution >= 0.6 is 11.3 Å². The van der Waals surface area contributed by atoms with Crippen molar-refractivity contribution >= 4 is 38.8 Å². The number of aryl methyl sites for hydroxylation is 3. The third-order valence-electron chi connectivity index (χ3n) is 3.90. The monoisotopic (exact) mass is 358 g/mol. The van der Waals surface area contributed by atoms with Crippen molar-refractivity contribution in [3.63, 3.8) is 0 Å². The van der Waals surface area contributed by atoms with Gasteiger partial charge in [-0.25, -0.2) is 4.98 Å². The SMILES string of the molecule is Cc1ccc([N+](=O)[O-])cc1NC(=O)c1sc2ncn(C)c(=O)c2c1C. The van der Waals surface area contributed by atoms with Gasteiger partial charge in [-0.05, 0) is 25.0 Å². The summed E-state index contributed by atoms with van der Waals surface area (Å²) in [7, 11) is 1.60. The molecule has 8 nitrogen and oxygen atoms in total. The van der Waals surface area contributed by atoms with E-state index in [9.17, 15) is 19.7 Å². The fourth-order valence-electron chi connectivity index (χ4n) is 2.46. The van der Waals surface area contributed by atoms with Gasteiger partial charge in [-0.2, -0.15) is 0 Å². The predicted molar refractivity (Wildman–Crippen MR) is 95.4 cm³/mol. The van der Waals surface area contributed by atoms with Crippen LogP contribution in [-0.2, 0) is 7.05 Å². The summed E-state index contributed by atoms with van der Waals surface area (Å²) in [6.07, 6.45) is 1.41. The molecule has 128 valence electrons. The van der Waals surface area contributed by atoms with E-state index in [1.807, 2.05) is 0 Å². The quantitative estimate of drug-likeness (QED) is 0.572. The molecular weight excluding hydrogens is 344 g/mol. The van der Waals surface area contributed by atoms with E-state index < -0.39 is 10.8 Å². The maximum atomic E-state index is 12.6. The smallest absolute Gasteiger partial charge is 0.271 e. The van der Waals surface area contributed by atoms with Gasteiger partial charge in [0.1, 0.15) is 4.83 Å². The maximum Gasteiger partial charge on any atom is 0.271 e. The Labute approximate surface area is 145 Å². The molecule has 0 aliphatic rings. The minimum atomic E-state index is -0.520. The van der Waals surface area contributed by atoms with Gasteiger partial charge in [-0.15, -0.1) is 11.3 Å². The van der Waals surface area contributed by atoms with Crippen LogP contribution in [0.25, 0.3) is 10.2 Å². The number of nitro groups is 1. The van der Waals surface area contributed by atoms with Gasteiger partial charge in [-0.1, -0.05) is 6.07 Å². The van der Waals surface area contributed by atoms with E-state index >= 15 is 0 Å². The number of hydrogen-bond acceptors (Lipinski definition) is 6. The summed E-state index contributed by atoms with van der Waals surface area (Å²) >= 11 is 1.12. The first-order valence-electron chi connectivity index (χ1n) is 7.30. The number of benzene rings is 1. The van der Waals surface area contributed by atoms with Gasteiger partial charge >= 0.3 is 0 Å². The number of fused-ring (bicyclic) bond motifs is 1. The van der Waals surface area contributed by atoms with Crippen LogP contribution in [0.4, 0.5) is 11.4 Å². The maximum absolute atomic E-state index is 12.6. The average Bonchev–Trinajstić information content (AvgIpc) is 2.90. The van der Waals surface area contributed by atoms with E-state index in [0.717, 1.165) is 11.3 Å². The highest BCUT2D eigenvalue weighted by molar-refractivity contribution is 7.20. The van der Waals surface area contributed by atoms with E-state index in [0.29, 0.717) is 31.9 Å². The highest BCUT2D eigenvalue weighted by atomic mass is 32.1. The standard InChI is InChI=1S/C16H14N4O4S/c1-8-4-5-10(20(23)24)6-11(8)18-14(21)13-9(2)12-15(25-13)17-7-19(3)16(12)22/h4-7H,1-3H3,(H,18,21). The lowest BCUT2D eigenvalue weighted by Crippen LogP contribution is -2.17. The van der Waals surface area contributed by atoms with Crippen LogP contribution < -0.4 is 10.9 Å². The molecule has 0 aliphatic carbocycles. The van der Waals surface area contributed by atoms with Gasteiger partial charge in [0.15, 0.2) is 0 Å². The zero-order valence-corrected chi connectivity index (χ0v) is 14.5. The Morgan fingerprint density at radius 2 is 2.08 bits per heavy atom. The second-order valence-corrected chi connectivity index (χ2v) is 6.61. The first-order valence-corrected chi connectivity index (χ1v) is 8.12. The lowest BCUT2D eigenvalue weighted by atomic mass is 10.1. The number of amides is 1. The number of hydrogen-bond donors (Lipinski definition) is 1. The molecule has 0 aliphatic heterocycles. The van der Waals surface area contributed by atoms with Crippen molar-refractivity contribution in [2.45, 2.75) is 13.8 Å². The topological polar surface area (TPSA) is 107 Å². The fourth-order valence-corrected chi connectivity index (χ4v) is 3.50. The molecule has 0 saturated carbocycles. The van der Waals surface area contributed by atoms with Gasteiger partial charge in [0.25, 0.3) is 17.2 Å². The molecule has 3 rings (SSSR count). The summed E-state index contributed by atoms with van der Waals surface area (Å²) < 4.78 is 1.36. The zero-order chi connectivity index (χ0) is 18.3. The largest absolute Gasteiger partial charge is 0.321 e. The van der Waals surface area contributed by atoms with Crippen molar-refractivity contribution in [3.05, 3.63) is 61.0 Å². The van der Waals surface area contributed by atoms with Gasteiger partial charge in [-0.3, -0.25) is 19.7 Å². The lowest BCUT2D eigenvalue weighted by Gasteiger charge is -2.07. The number of nitrogens with one attached hydrogen (secondary N) is 1. The van der Waals surface area contributed by atoms with Crippen molar-refractivity contribution in [2.75, 3.05) is 5.32 Å². The molecule has 1 amide bonds. The van der Waals surface area contributed by atoms with Crippen molar-refractivity contribution < 1.29 is 9.72 Å². The lowest BCUT2D eigenvalue weighted by molar-refractivity contribution is -0.384. The number of carbonyl (C=O) groups excluding carboxylic acids is 1. The van der Waals surface area contributed by atoms with Crippen LogP contribution in [0.1, 0.15) is 20.8 Å². The molecule has 25 heavy (non-hydrogen) atoms. The highest BCUT2D eigenvalue weighted by Crippen LogP contribution is 2.29. The third kappa shape index (κ3) is 2.89. The zero-order valence-electron chi connectivity index (χ0n) is 13.7. The van der Waals surface area contributed by atoms with Gasteiger partial charge in [0, 0.05) is 19.2 Å². The molecule has 1 N–H and O–H groups in total. The molecule has 0 spiro atoms. The number of rotatable bonds is 3. The van der Waals surface area contributed by atoms with Crippen molar-refractivity contribution in [2.24, 2.45) is 7.05 Å². The Balaban J connectivity index is 2.03. The number of nitro benzene ring substituents is 1. The number of thiophene rings is 1. The molecule has 0 radical (unpaired) electrons. The number of aromatic nitrogens is 2. The Morgan fingerprint density at radius 1 is 1.36 bits per heavy atom. The summed E-state index contributed by atoms with van der Waals surface area (Å²) in [6.45, 7) is 3.44. The summed E-state index contributed by atoms with van der Waals surface area (Å²) in [4.78, 5) is 40.3. The molecule has 9 heteroatoms. The molecule has 2 aromatic heterocycles. The van der Waals surface area contributed by atoms with Crippen molar-refractivity contribution in [1.82, 2.24) is 9.55 Å². The summed E-state index contributed by atoms with van der Waals surface area (Å²) in [6, 6.07) is 4.26. The predicted octanol–water partition coefficient (Wildman–Crippen LogP) is 2.77. The number of non-ortho nitro benzene ring substituents is 1. The summed E-state index contributed by atoms with van der Waals surface area (Å²) in [5.74, 6) is -0.425. The van der Waals surface area contributed by atoms with Crippen LogP contribution in [0.2, 0.25) is 0 Å². The molecule has 1 aromatic carbocycles. The van der Waals surface area contributed by atoms with E-state index in [4.69, 9.17) is 0 Å². The molecule has 2 heterocycles. The normalized spacial score (nSPS) is 10.8. The van der Waals surface area contributed by atoms with Crippen molar-refractivity contribution in [3.8, 4) is 0 Å². The minimum absolute atomic E-state index is 0.107. The Hall–Kier alpha value is -3.07. The Kier molecular flexibility index (Phi) is 4.09. The summed E-state index contributed by atoms with van der Waals surface area (Å²) in [5.41, 5.74) is 1.28. The van der Waals surface area contributed by atoms with E-state index in [2.05, 4.69) is 10.3 Å². The molecular formula is C16H14N4O4S. The van der Waals surface area contributed by atoms with E-state index in [1.165, 1.54) is 23.0 Å². The van der Waals surface area contributed by atoms with Crippen LogP contribution in [0.5, 0.6) is 0 Å². The number of nitrogens with zero attached hydrogens (tertiary/aromatic N) is 3. The second kappa shape index (κ2) is 6.10. The van der Waals surface area contributed by atoms with Crippen LogP contribution in [-0.4, -0.2) is 20.4 Å². The van der Waals surface area contributed by atoms with E-state index in [1.54, 1.807) is 27.0 Å². The molecule has 3 aromatic rings. The number of carbonyl (C=O) groups is 1. The van der Waals surface area contributed by atoms with Gasteiger partial charge in [0.2, 0.25) is 0 Å². The average molecular weight is 358 g/mol. The minimum Gasteiger partial charge on any atom is -0.321 e. The van der Waals surface area contributed by atoms with Crippen LogP contribution in [0, 0.1) is 24.0 Å². The molecule has 0 fully saturated rings. The fraction of sp³-hybridized carbons (Fsp3) is 0.188. The van der Waals surface area contributed by atoms with E-state index in [-0.39, 0.29) is 11.2 Å². The highest BCUT2D eigenvalue weighted by Gasteiger charge is 2.20. The van der Waals surface area contributed by atoms with Crippen molar-refractivity contribution in [1.29, 1.82) is 0 Å². The molecule has 0 atom stereocenters. The second-order valence-electron chi connectivity index (χ2n) is 5.61. The van der Waals surface area contributed by atoms with Gasteiger partial charge in [0.05, 0.1) is 27.2 Å². The first kappa shape index (κ1) is 16.8. The third-order valence-corrected chi connectivity index (χ3v) is 5.10. The molecule has 0 bridgehead atoms. The first-order chi connectivity index (χ1) is 11.8. The van der Waals surface area contributed by atoms with Crippen LogP contribution in [0.3, 0.4) is 0 Å². The van der Waals surface area contributed by atoms with Crippen LogP contribution in [0.15, 0.2) is 29.3 Å².